The van der Waals surface area contributed by atoms with Crippen molar-refractivity contribution in [3.63, 3.8) is 0 Å². The molecule has 26 heavy (non-hydrogen) atoms. The van der Waals surface area contributed by atoms with Crippen molar-refractivity contribution in [3.05, 3.63) is 81.9 Å². The van der Waals surface area contributed by atoms with Gasteiger partial charge in [-0.25, -0.2) is 4.98 Å². The number of aryl methyl sites for hydroxylation is 1. The summed E-state index contributed by atoms with van der Waals surface area (Å²) >= 11 is 0. The molecule has 1 aromatic carbocycles. The van der Waals surface area contributed by atoms with Crippen LogP contribution in [0.15, 0.2) is 59.5 Å². The van der Waals surface area contributed by atoms with Gasteiger partial charge in [0.25, 0.3) is 5.56 Å². The van der Waals surface area contributed by atoms with E-state index in [-0.39, 0.29) is 5.56 Å². The van der Waals surface area contributed by atoms with Crippen molar-refractivity contribution in [3.8, 4) is 0 Å². The molecule has 134 valence electrons. The van der Waals surface area contributed by atoms with Gasteiger partial charge >= 0.3 is 0 Å². The third kappa shape index (κ3) is 3.41. The van der Waals surface area contributed by atoms with E-state index in [2.05, 4.69) is 46.4 Å². The Morgan fingerprint density at radius 3 is 2.85 bits per heavy atom. The predicted octanol–water partition coefficient (Wildman–Crippen LogP) is 2.40. The van der Waals surface area contributed by atoms with Crippen LogP contribution in [0, 0.1) is 0 Å². The first-order valence-electron chi connectivity index (χ1n) is 9.25. The monoisotopic (exact) mass is 348 g/mol. The Labute approximate surface area is 153 Å². The van der Waals surface area contributed by atoms with Crippen LogP contribution in [0.1, 0.15) is 29.8 Å². The zero-order valence-corrected chi connectivity index (χ0v) is 15.1. The third-order valence-electron chi connectivity index (χ3n) is 5.12. The first-order valence-corrected chi connectivity index (χ1v) is 9.25. The highest BCUT2D eigenvalue weighted by atomic mass is 16.1. The van der Waals surface area contributed by atoms with E-state index in [9.17, 15) is 4.79 Å². The zero-order chi connectivity index (χ0) is 17.9. The van der Waals surface area contributed by atoms with Gasteiger partial charge in [-0.3, -0.25) is 14.1 Å². The Kier molecular flexibility index (Phi) is 4.82. The molecule has 0 saturated carbocycles. The molecule has 3 heterocycles. The largest absolute Gasteiger partial charge is 0.314 e. The van der Waals surface area contributed by atoms with Gasteiger partial charge in [0.05, 0.1) is 5.69 Å². The number of pyridine rings is 1. The van der Waals surface area contributed by atoms with Crippen LogP contribution in [0.4, 0.5) is 0 Å². The van der Waals surface area contributed by atoms with Crippen molar-refractivity contribution in [2.75, 3.05) is 19.6 Å². The van der Waals surface area contributed by atoms with E-state index in [1.165, 1.54) is 11.1 Å². The lowest BCUT2D eigenvalue weighted by Crippen LogP contribution is -2.45. The SMILES string of the molecule is CCc1ccc(C2CNCCN2Cc2cc(=O)n3ccccc3n2)cc1. The maximum Gasteiger partial charge on any atom is 0.258 e. The number of benzene rings is 1. The van der Waals surface area contributed by atoms with Gasteiger partial charge < -0.3 is 5.32 Å². The molecule has 4 rings (SSSR count). The molecule has 1 saturated heterocycles. The normalized spacial score (nSPS) is 18.3. The van der Waals surface area contributed by atoms with Crippen LogP contribution < -0.4 is 10.9 Å². The Bertz CT molecular complexity index is 948. The van der Waals surface area contributed by atoms with Gasteiger partial charge in [0, 0.05) is 44.5 Å². The smallest absolute Gasteiger partial charge is 0.258 e. The highest BCUT2D eigenvalue weighted by Crippen LogP contribution is 2.24. The second kappa shape index (κ2) is 7.40. The van der Waals surface area contributed by atoms with Gasteiger partial charge in [0.2, 0.25) is 0 Å². The molecule has 1 aliphatic heterocycles. The summed E-state index contributed by atoms with van der Waals surface area (Å²) in [6.45, 7) is 5.67. The van der Waals surface area contributed by atoms with Crippen molar-refractivity contribution in [2.45, 2.75) is 25.9 Å². The summed E-state index contributed by atoms with van der Waals surface area (Å²) in [6, 6.07) is 16.5. The van der Waals surface area contributed by atoms with Crippen molar-refractivity contribution < 1.29 is 0 Å². The molecule has 0 radical (unpaired) electrons. The Balaban J connectivity index is 1.61. The summed E-state index contributed by atoms with van der Waals surface area (Å²) in [4.78, 5) is 19.5. The number of nitrogens with zero attached hydrogens (tertiary/aromatic N) is 3. The highest BCUT2D eigenvalue weighted by molar-refractivity contribution is 5.38. The molecule has 1 aliphatic rings. The number of hydrogen-bond donors (Lipinski definition) is 1. The number of aromatic nitrogens is 2. The summed E-state index contributed by atoms with van der Waals surface area (Å²) in [5.41, 5.74) is 4.18. The predicted molar refractivity (Wildman–Crippen MR) is 103 cm³/mol. The van der Waals surface area contributed by atoms with E-state index >= 15 is 0 Å². The van der Waals surface area contributed by atoms with Crippen molar-refractivity contribution in [1.82, 2.24) is 19.6 Å². The lowest BCUT2D eigenvalue weighted by Gasteiger charge is -2.36. The standard InChI is InChI=1S/C21H24N4O/c1-2-16-6-8-17(9-7-16)19-14-22-10-12-24(19)15-18-13-21(26)25-11-4-3-5-20(25)23-18/h3-9,11,13,19,22H,2,10,12,14-15H2,1H3. The second-order valence-corrected chi connectivity index (χ2v) is 6.80. The number of fused-ring (bicyclic) bond motifs is 1. The minimum absolute atomic E-state index is 0.0235. The molecular formula is C21H24N4O. The van der Waals surface area contributed by atoms with E-state index in [1.807, 2.05) is 18.2 Å². The molecule has 3 aromatic rings. The van der Waals surface area contributed by atoms with E-state index in [0.29, 0.717) is 18.2 Å². The minimum Gasteiger partial charge on any atom is -0.314 e. The summed E-state index contributed by atoms with van der Waals surface area (Å²) in [7, 11) is 0. The zero-order valence-electron chi connectivity index (χ0n) is 15.1. The minimum atomic E-state index is -0.0235. The molecule has 0 spiro atoms. The number of piperazine rings is 1. The van der Waals surface area contributed by atoms with Crippen molar-refractivity contribution >= 4 is 5.65 Å². The van der Waals surface area contributed by atoms with E-state index < -0.39 is 0 Å². The van der Waals surface area contributed by atoms with Crippen LogP contribution in [0.3, 0.4) is 0 Å². The molecule has 0 bridgehead atoms. The fourth-order valence-electron chi connectivity index (χ4n) is 3.63. The van der Waals surface area contributed by atoms with E-state index in [1.54, 1.807) is 16.7 Å². The summed E-state index contributed by atoms with van der Waals surface area (Å²) < 4.78 is 1.59. The molecule has 1 unspecified atom stereocenters. The summed E-state index contributed by atoms with van der Waals surface area (Å²) in [5, 5.41) is 3.49. The molecule has 1 N–H and O–H groups in total. The molecule has 5 heteroatoms. The Morgan fingerprint density at radius 2 is 2.04 bits per heavy atom. The van der Waals surface area contributed by atoms with Gasteiger partial charge in [0.15, 0.2) is 0 Å². The first-order chi connectivity index (χ1) is 12.7. The number of nitrogens with one attached hydrogen (secondary N) is 1. The Hall–Kier alpha value is -2.50. The average Bonchev–Trinajstić information content (AvgIpc) is 2.69. The first kappa shape index (κ1) is 16.9. The van der Waals surface area contributed by atoms with Crippen LogP contribution in [-0.2, 0) is 13.0 Å². The lowest BCUT2D eigenvalue weighted by molar-refractivity contribution is 0.152. The van der Waals surface area contributed by atoms with Crippen LogP contribution in [-0.4, -0.2) is 33.9 Å². The molecular weight excluding hydrogens is 324 g/mol. The van der Waals surface area contributed by atoms with Gasteiger partial charge in [0.1, 0.15) is 5.65 Å². The van der Waals surface area contributed by atoms with Crippen LogP contribution in [0.25, 0.3) is 5.65 Å². The van der Waals surface area contributed by atoms with Crippen LogP contribution in [0.5, 0.6) is 0 Å². The van der Waals surface area contributed by atoms with Gasteiger partial charge in [-0.1, -0.05) is 37.3 Å². The van der Waals surface area contributed by atoms with E-state index in [0.717, 1.165) is 31.7 Å². The van der Waals surface area contributed by atoms with Crippen molar-refractivity contribution in [1.29, 1.82) is 0 Å². The molecule has 2 aromatic heterocycles. The highest BCUT2D eigenvalue weighted by Gasteiger charge is 2.24. The fourth-order valence-corrected chi connectivity index (χ4v) is 3.63. The average molecular weight is 348 g/mol. The third-order valence-corrected chi connectivity index (χ3v) is 5.12. The maximum atomic E-state index is 12.4. The summed E-state index contributed by atoms with van der Waals surface area (Å²) in [6.07, 6.45) is 2.81. The van der Waals surface area contributed by atoms with Gasteiger partial charge in [-0.2, -0.15) is 0 Å². The van der Waals surface area contributed by atoms with Crippen molar-refractivity contribution in [2.24, 2.45) is 0 Å². The summed E-state index contributed by atoms with van der Waals surface area (Å²) in [5.74, 6) is 0. The lowest BCUT2D eigenvalue weighted by atomic mass is 10.0. The molecule has 5 nitrogen and oxygen atoms in total. The molecule has 1 atom stereocenters. The molecule has 1 fully saturated rings. The quantitative estimate of drug-likeness (QED) is 0.787. The molecule has 0 amide bonds. The number of rotatable bonds is 4. The Morgan fingerprint density at radius 1 is 1.19 bits per heavy atom. The number of hydrogen-bond acceptors (Lipinski definition) is 4. The van der Waals surface area contributed by atoms with Gasteiger partial charge in [-0.05, 0) is 29.7 Å². The molecule has 0 aliphatic carbocycles. The van der Waals surface area contributed by atoms with Crippen LogP contribution >= 0.6 is 0 Å². The fraction of sp³-hybridized carbons (Fsp3) is 0.333. The van der Waals surface area contributed by atoms with Crippen LogP contribution in [0.2, 0.25) is 0 Å². The topological polar surface area (TPSA) is 49.6 Å². The van der Waals surface area contributed by atoms with E-state index in [4.69, 9.17) is 0 Å². The second-order valence-electron chi connectivity index (χ2n) is 6.80. The maximum absolute atomic E-state index is 12.4. The van der Waals surface area contributed by atoms with Gasteiger partial charge in [-0.15, -0.1) is 0 Å².